The standard InChI is InChI=1S/C7H11P.2C5H5.Zr/c1-5-8-6-7(2,3)4;2*1-2-4-5-3-1;/h1,5H,2-4H3;2*1-5H;/q-2;-5;-1;. The van der Waals surface area contributed by atoms with E-state index in [1.54, 1.807) is 5.82 Å². The van der Waals surface area contributed by atoms with Gasteiger partial charge in [0, 0.05) is 26.2 Å². The normalized spacial score (nSPS) is 9.42. The topological polar surface area (TPSA) is 0 Å². The fourth-order valence-electron chi connectivity index (χ4n) is 0.872. The van der Waals surface area contributed by atoms with Crippen molar-refractivity contribution in [1.82, 2.24) is 0 Å². The van der Waals surface area contributed by atoms with Crippen LogP contribution in [0.5, 0.6) is 0 Å². The summed E-state index contributed by atoms with van der Waals surface area (Å²) in [7, 11) is 0.993. The van der Waals surface area contributed by atoms with E-state index in [-0.39, 0.29) is 31.6 Å². The summed E-state index contributed by atoms with van der Waals surface area (Å²) in [6, 6.07) is 20.0. The molecule has 0 N–H and O–H groups in total. The van der Waals surface area contributed by atoms with Gasteiger partial charge < -0.3 is 50.9 Å². The van der Waals surface area contributed by atoms with Gasteiger partial charge in [0.25, 0.3) is 0 Å². The van der Waals surface area contributed by atoms with Crippen LogP contribution < -0.4 is 0 Å². The van der Waals surface area contributed by atoms with Gasteiger partial charge in [-0.1, -0.05) is 20.8 Å². The molecule has 2 rings (SSSR count). The molecule has 0 bridgehead atoms. The van der Waals surface area contributed by atoms with Gasteiger partial charge >= 0.3 is 0 Å². The molecule has 2 aromatic carbocycles. The predicted molar refractivity (Wildman–Crippen MR) is 84.3 cm³/mol. The van der Waals surface area contributed by atoms with E-state index in [1.165, 1.54) is 0 Å². The monoisotopic (exact) mass is 346 g/mol. The van der Waals surface area contributed by atoms with Crippen molar-refractivity contribution in [2.24, 2.45) is 5.41 Å². The molecule has 0 saturated heterocycles. The van der Waals surface area contributed by atoms with Crippen molar-refractivity contribution < 1.29 is 26.2 Å². The molecule has 0 aliphatic rings. The summed E-state index contributed by atoms with van der Waals surface area (Å²) in [6.07, 6.45) is 0. The van der Waals surface area contributed by atoms with Crippen LogP contribution in [0.15, 0.2) is 66.5 Å². The number of hydrogen-bond donors (Lipinski definition) is 0. The van der Waals surface area contributed by atoms with Crippen LogP contribution in [0.3, 0.4) is 0 Å². The first-order valence-corrected chi connectivity index (χ1v) is 6.86. The molecule has 0 fully saturated rings. The first-order valence-electron chi connectivity index (χ1n) is 5.90. The quantitative estimate of drug-likeness (QED) is 0.478. The third-order valence-corrected chi connectivity index (χ3v) is 2.53. The van der Waals surface area contributed by atoms with Crippen molar-refractivity contribution in [1.29, 1.82) is 0 Å². The van der Waals surface area contributed by atoms with Crippen LogP contribution in [-0.2, 0) is 26.2 Å². The summed E-state index contributed by atoms with van der Waals surface area (Å²) >= 11 is 0. The van der Waals surface area contributed by atoms with Crippen molar-refractivity contribution in [2.75, 3.05) is 0 Å². The maximum atomic E-state index is 5.14. The minimum absolute atomic E-state index is 0. The Bertz CT molecular complexity index is 317. The Labute approximate surface area is 139 Å². The summed E-state index contributed by atoms with van der Waals surface area (Å²) in [5.74, 6) is 4.75. The Morgan fingerprint density at radius 1 is 1.00 bits per heavy atom. The van der Waals surface area contributed by atoms with Crippen molar-refractivity contribution in [2.45, 2.75) is 20.8 Å². The molecule has 0 aromatic heterocycles. The molecule has 0 heterocycles. The van der Waals surface area contributed by atoms with Crippen molar-refractivity contribution >= 4 is 14.0 Å². The average molecular weight is 348 g/mol. The Hall–Kier alpha value is -0.507. The third-order valence-electron chi connectivity index (χ3n) is 1.59. The van der Waals surface area contributed by atoms with E-state index in [9.17, 15) is 0 Å². The predicted octanol–water partition coefficient (Wildman–Crippen LogP) is 5.41. The molecule has 0 saturated carbocycles. The molecule has 0 amide bonds. The molecule has 0 atom stereocenters. The molecule has 0 aliphatic carbocycles. The summed E-state index contributed by atoms with van der Waals surface area (Å²) in [5, 5.41) is 0. The summed E-state index contributed by atoms with van der Waals surface area (Å²) in [5.41, 5.74) is 0.178. The molecule has 19 heavy (non-hydrogen) atoms. The molecule has 106 valence electrons. The van der Waals surface area contributed by atoms with Crippen molar-refractivity contribution in [3.63, 3.8) is 0 Å². The van der Waals surface area contributed by atoms with Crippen molar-refractivity contribution in [3.05, 3.63) is 73.1 Å². The van der Waals surface area contributed by atoms with Crippen LogP contribution in [0.2, 0.25) is 0 Å². The molecule has 0 aliphatic heterocycles. The molecule has 0 unspecified atom stereocenters. The van der Waals surface area contributed by atoms with E-state index in [0.717, 1.165) is 8.20 Å². The van der Waals surface area contributed by atoms with Crippen LogP contribution in [-0.4, -0.2) is 5.80 Å². The van der Waals surface area contributed by atoms with E-state index < -0.39 is 0 Å². The Morgan fingerprint density at radius 2 is 1.42 bits per heavy atom. The fourth-order valence-corrected chi connectivity index (χ4v) is 1.33. The number of rotatable bonds is 1. The largest absolute Gasteiger partial charge is 0.748 e. The SMILES string of the molecule is [CH-]=CP=[C-]C(C)(C)C.[Zr].[cH-]1[cH-][cH-][cH-][cH-]1.c1cc[cH-]c1. The molecule has 0 nitrogen and oxygen atoms in total. The van der Waals surface area contributed by atoms with Gasteiger partial charge in [-0.25, -0.2) is 12.1 Å². The van der Waals surface area contributed by atoms with Gasteiger partial charge in [-0.15, -0.1) is 0 Å². The van der Waals surface area contributed by atoms with Gasteiger partial charge in [-0.05, 0) is 0 Å². The van der Waals surface area contributed by atoms with Gasteiger partial charge in [-0.3, -0.25) is 5.82 Å². The van der Waals surface area contributed by atoms with Crippen LogP contribution in [0.1, 0.15) is 20.8 Å². The average Bonchev–Trinajstić information content (AvgIpc) is 3.01. The van der Waals surface area contributed by atoms with Crippen LogP contribution in [0.25, 0.3) is 0 Å². The second kappa shape index (κ2) is 13.9. The van der Waals surface area contributed by atoms with Gasteiger partial charge in [0.05, 0.1) is 0 Å². The zero-order valence-electron chi connectivity index (χ0n) is 11.9. The Kier molecular flexibility index (Phi) is 15.2. The molecule has 2 aromatic rings. The Balaban J connectivity index is 0. The maximum absolute atomic E-state index is 5.14. The van der Waals surface area contributed by atoms with Crippen LogP contribution >= 0.6 is 8.20 Å². The zero-order valence-corrected chi connectivity index (χ0v) is 15.2. The minimum atomic E-state index is 0. The summed E-state index contributed by atoms with van der Waals surface area (Å²) in [6.45, 7) is 11.4. The molecule has 2 heteroatoms. The van der Waals surface area contributed by atoms with E-state index in [4.69, 9.17) is 6.58 Å². The second-order valence-electron chi connectivity index (χ2n) is 4.56. The van der Waals surface area contributed by atoms with E-state index in [1.807, 2.05) is 60.7 Å². The number of hydrogen-bond acceptors (Lipinski definition) is 0. The molecular formula is C17H21PZr-8. The van der Waals surface area contributed by atoms with Crippen molar-refractivity contribution in [3.8, 4) is 0 Å². The fraction of sp³-hybridized carbons (Fsp3) is 0.235. The molecule has 0 radical (unpaired) electrons. The molecular weight excluding hydrogens is 326 g/mol. The van der Waals surface area contributed by atoms with Gasteiger partial charge in [-0.2, -0.15) is 23.6 Å². The molecule has 0 spiro atoms. The second-order valence-corrected chi connectivity index (χ2v) is 5.34. The summed E-state index contributed by atoms with van der Waals surface area (Å²) < 4.78 is 0. The Morgan fingerprint density at radius 3 is 1.58 bits per heavy atom. The van der Waals surface area contributed by atoms with Crippen LogP contribution in [0.4, 0.5) is 0 Å². The zero-order chi connectivity index (χ0) is 13.7. The van der Waals surface area contributed by atoms with Gasteiger partial charge in [0.2, 0.25) is 0 Å². The first-order chi connectivity index (χ1) is 8.56. The third kappa shape index (κ3) is 20.0. The minimum Gasteiger partial charge on any atom is -0.748 e. The van der Waals surface area contributed by atoms with Crippen LogP contribution in [0, 0.1) is 12.0 Å². The van der Waals surface area contributed by atoms with Gasteiger partial charge in [0.1, 0.15) is 0 Å². The summed E-state index contributed by atoms with van der Waals surface area (Å²) in [4.78, 5) is 0. The van der Waals surface area contributed by atoms with Gasteiger partial charge in [0.15, 0.2) is 0 Å². The first kappa shape index (κ1) is 20.8. The maximum Gasteiger partial charge on any atom is 0 e. The van der Waals surface area contributed by atoms with E-state index >= 15 is 0 Å². The van der Waals surface area contributed by atoms with E-state index in [2.05, 4.69) is 26.6 Å². The smallest absolute Gasteiger partial charge is 0 e. The van der Waals surface area contributed by atoms with E-state index in [0.29, 0.717) is 0 Å².